The molecular formula is C8H8N4O2S. The van der Waals surface area contributed by atoms with E-state index in [0.717, 1.165) is 5.01 Å². The number of aromatic carboxylic acids is 1. The predicted molar refractivity (Wildman–Crippen MR) is 54.8 cm³/mol. The van der Waals surface area contributed by atoms with Crippen molar-refractivity contribution in [2.45, 2.75) is 6.54 Å². The number of rotatable bonds is 3. The van der Waals surface area contributed by atoms with Crippen molar-refractivity contribution in [3.63, 3.8) is 0 Å². The van der Waals surface area contributed by atoms with Gasteiger partial charge in [-0.2, -0.15) is 5.10 Å². The van der Waals surface area contributed by atoms with Gasteiger partial charge in [-0.05, 0) is 0 Å². The topological polar surface area (TPSA) is 94.0 Å². The number of hydrogen-bond acceptors (Lipinski definition) is 5. The first-order chi connectivity index (χ1) is 7.16. The largest absolute Gasteiger partial charge is 0.476 e. The summed E-state index contributed by atoms with van der Waals surface area (Å²) in [7, 11) is 0. The molecule has 0 atom stereocenters. The van der Waals surface area contributed by atoms with Crippen molar-refractivity contribution in [2.75, 3.05) is 5.73 Å². The molecule has 0 aromatic carbocycles. The second-order valence-corrected chi connectivity index (χ2v) is 3.84. The number of nitrogen functional groups attached to an aromatic ring is 1. The Bertz CT molecular complexity index is 477. The number of thiazole rings is 1. The van der Waals surface area contributed by atoms with Crippen molar-refractivity contribution < 1.29 is 9.90 Å². The van der Waals surface area contributed by atoms with Crippen LogP contribution in [0.5, 0.6) is 0 Å². The Morgan fingerprint density at radius 1 is 1.67 bits per heavy atom. The van der Waals surface area contributed by atoms with E-state index in [-0.39, 0.29) is 11.4 Å². The lowest BCUT2D eigenvalue weighted by molar-refractivity contribution is 0.0690. The van der Waals surface area contributed by atoms with Gasteiger partial charge in [-0.25, -0.2) is 9.78 Å². The summed E-state index contributed by atoms with van der Waals surface area (Å²) in [4.78, 5) is 14.7. The highest BCUT2D eigenvalue weighted by atomic mass is 32.1. The monoisotopic (exact) mass is 224 g/mol. The van der Waals surface area contributed by atoms with Crippen LogP contribution < -0.4 is 5.73 Å². The third-order valence-corrected chi connectivity index (χ3v) is 2.54. The Hall–Kier alpha value is -1.89. The lowest BCUT2D eigenvalue weighted by Gasteiger charge is -1.95. The lowest BCUT2D eigenvalue weighted by Crippen LogP contribution is -2.04. The molecule has 0 radical (unpaired) electrons. The van der Waals surface area contributed by atoms with Crippen LogP contribution in [-0.4, -0.2) is 25.8 Å². The van der Waals surface area contributed by atoms with E-state index in [4.69, 9.17) is 10.8 Å². The summed E-state index contributed by atoms with van der Waals surface area (Å²) < 4.78 is 1.47. The van der Waals surface area contributed by atoms with Crippen LogP contribution >= 0.6 is 11.3 Å². The third-order valence-electron chi connectivity index (χ3n) is 1.77. The number of carboxylic acids is 1. The first-order valence-electron chi connectivity index (χ1n) is 4.11. The molecule has 0 bridgehead atoms. The first-order valence-corrected chi connectivity index (χ1v) is 4.99. The van der Waals surface area contributed by atoms with E-state index >= 15 is 0 Å². The van der Waals surface area contributed by atoms with Gasteiger partial charge in [0.1, 0.15) is 5.01 Å². The second-order valence-electron chi connectivity index (χ2n) is 2.86. The van der Waals surface area contributed by atoms with Gasteiger partial charge < -0.3 is 10.8 Å². The highest BCUT2D eigenvalue weighted by molar-refractivity contribution is 7.09. The van der Waals surface area contributed by atoms with E-state index in [1.54, 1.807) is 6.20 Å². The maximum absolute atomic E-state index is 10.7. The second kappa shape index (κ2) is 3.70. The number of nitrogens with zero attached hydrogens (tertiary/aromatic N) is 3. The van der Waals surface area contributed by atoms with Crippen LogP contribution in [0.2, 0.25) is 0 Å². The SMILES string of the molecule is Nc1cn(Cc2nccs2)nc1C(=O)O. The molecule has 2 rings (SSSR count). The van der Waals surface area contributed by atoms with Gasteiger partial charge in [0.15, 0.2) is 5.69 Å². The number of carbonyl (C=O) groups is 1. The minimum atomic E-state index is -1.12. The van der Waals surface area contributed by atoms with Gasteiger partial charge in [0.25, 0.3) is 0 Å². The van der Waals surface area contributed by atoms with Gasteiger partial charge in [-0.15, -0.1) is 11.3 Å². The van der Waals surface area contributed by atoms with Crippen LogP contribution in [0, 0.1) is 0 Å². The molecule has 15 heavy (non-hydrogen) atoms. The molecule has 0 amide bonds. The molecule has 0 aliphatic heterocycles. The number of nitrogens with two attached hydrogens (primary N) is 1. The smallest absolute Gasteiger partial charge is 0.358 e. The fourth-order valence-corrected chi connectivity index (χ4v) is 1.76. The Morgan fingerprint density at radius 3 is 3.00 bits per heavy atom. The van der Waals surface area contributed by atoms with Crippen molar-refractivity contribution in [3.05, 3.63) is 28.5 Å². The van der Waals surface area contributed by atoms with E-state index in [0.29, 0.717) is 6.54 Å². The molecule has 0 saturated heterocycles. The normalized spacial score (nSPS) is 10.4. The van der Waals surface area contributed by atoms with E-state index in [1.807, 2.05) is 5.38 Å². The minimum Gasteiger partial charge on any atom is -0.476 e. The zero-order valence-corrected chi connectivity index (χ0v) is 8.44. The van der Waals surface area contributed by atoms with Gasteiger partial charge >= 0.3 is 5.97 Å². The van der Waals surface area contributed by atoms with E-state index < -0.39 is 5.97 Å². The summed E-state index contributed by atoms with van der Waals surface area (Å²) in [5.41, 5.74) is 5.54. The lowest BCUT2D eigenvalue weighted by atomic mass is 10.4. The average molecular weight is 224 g/mol. The highest BCUT2D eigenvalue weighted by Gasteiger charge is 2.13. The number of aromatic nitrogens is 3. The maximum atomic E-state index is 10.7. The maximum Gasteiger partial charge on any atom is 0.358 e. The Balaban J connectivity index is 2.23. The number of anilines is 1. The van der Waals surface area contributed by atoms with Crippen LogP contribution in [-0.2, 0) is 6.54 Å². The standard InChI is InChI=1S/C8H8N4O2S/c9-5-3-12(11-7(5)8(13)14)4-6-10-1-2-15-6/h1-3H,4,9H2,(H,13,14). The van der Waals surface area contributed by atoms with Gasteiger partial charge in [0.05, 0.1) is 12.2 Å². The van der Waals surface area contributed by atoms with Crippen LogP contribution in [0.15, 0.2) is 17.8 Å². The molecule has 2 aromatic heterocycles. The molecular weight excluding hydrogens is 216 g/mol. The van der Waals surface area contributed by atoms with Crippen molar-refractivity contribution in [3.8, 4) is 0 Å². The summed E-state index contributed by atoms with van der Waals surface area (Å²) in [6.45, 7) is 0.440. The Labute approximate surface area is 89.0 Å². The number of hydrogen-bond donors (Lipinski definition) is 2. The Morgan fingerprint density at radius 2 is 2.47 bits per heavy atom. The minimum absolute atomic E-state index is 0.119. The quantitative estimate of drug-likeness (QED) is 0.799. The van der Waals surface area contributed by atoms with Gasteiger partial charge in [0.2, 0.25) is 0 Å². The van der Waals surface area contributed by atoms with E-state index in [1.165, 1.54) is 22.2 Å². The summed E-state index contributed by atoms with van der Waals surface area (Å²) in [5.74, 6) is -1.12. The van der Waals surface area contributed by atoms with Gasteiger partial charge in [-0.3, -0.25) is 4.68 Å². The molecule has 0 aliphatic rings. The molecule has 2 aromatic rings. The molecule has 0 aliphatic carbocycles. The fraction of sp³-hybridized carbons (Fsp3) is 0.125. The van der Waals surface area contributed by atoms with Crippen molar-refractivity contribution in [2.24, 2.45) is 0 Å². The van der Waals surface area contributed by atoms with E-state index in [2.05, 4.69) is 10.1 Å². The molecule has 7 heteroatoms. The molecule has 3 N–H and O–H groups in total. The Kier molecular flexibility index (Phi) is 2.38. The van der Waals surface area contributed by atoms with Crippen molar-refractivity contribution >= 4 is 23.0 Å². The zero-order chi connectivity index (χ0) is 10.8. The van der Waals surface area contributed by atoms with Crippen LogP contribution in [0.4, 0.5) is 5.69 Å². The third kappa shape index (κ3) is 1.96. The van der Waals surface area contributed by atoms with Crippen LogP contribution in [0.1, 0.15) is 15.5 Å². The molecule has 0 unspecified atom stereocenters. The first kappa shape index (κ1) is 9.66. The average Bonchev–Trinajstić information content (AvgIpc) is 2.75. The molecule has 0 fully saturated rings. The van der Waals surface area contributed by atoms with Crippen LogP contribution in [0.25, 0.3) is 0 Å². The van der Waals surface area contributed by atoms with Crippen molar-refractivity contribution in [1.29, 1.82) is 0 Å². The van der Waals surface area contributed by atoms with Gasteiger partial charge in [-0.1, -0.05) is 0 Å². The van der Waals surface area contributed by atoms with E-state index in [9.17, 15) is 4.79 Å². The summed E-state index contributed by atoms with van der Waals surface area (Å²) in [6, 6.07) is 0. The predicted octanol–water partition coefficient (Wildman–Crippen LogP) is 0.668. The number of carboxylic acid groups (broad SMARTS) is 1. The van der Waals surface area contributed by atoms with Crippen LogP contribution in [0.3, 0.4) is 0 Å². The molecule has 0 saturated carbocycles. The summed E-state index contributed by atoms with van der Waals surface area (Å²) in [5, 5.41) is 15.3. The summed E-state index contributed by atoms with van der Waals surface area (Å²) in [6.07, 6.45) is 3.18. The highest BCUT2D eigenvalue weighted by Crippen LogP contribution is 2.11. The molecule has 0 spiro atoms. The molecule has 6 nitrogen and oxygen atoms in total. The molecule has 2 heterocycles. The zero-order valence-electron chi connectivity index (χ0n) is 7.62. The van der Waals surface area contributed by atoms with Crippen molar-refractivity contribution in [1.82, 2.24) is 14.8 Å². The van der Waals surface area contributed by atoms with Gasteiger partial charge in [0, 0.05) is 17.8 Å². The molecule has 78 valence electrons. The fourth-order valence-electron chi connectivity index (χ4n) is 1.15. The summed E-state index contributed by atoms with van der Waals surface area (Å²) >= 11 is 1.48.